The van der Waals surface area contributed by atoms with Crippen LogP contribution in [0.2, 0.25) is 0 Å². The molecule has 1 atom stereocenters. The summed E-state index contributed by atoms with van der Waals surface area (Å²) in [5.74, 6) is -0.254. The highest BCUT2D eigenvalue weighted by atomic mass is 16.3. The lowest BCUT2D eigenvalue weighted by Crippen LogP contribution is -2.16. The van der Waals surface area contributed by atoms with E-state index in [1.165, 1.54) is 0 Å². The molecule has 1 rings (SSSR count). The Morgan fingerprint density at radius 2 is 2.31 bits per heavy atom. The van der Waals surface area contributed by atoms with Crippen molar-refractivity contribution in [1.29, 1.82) is 0 Å². The standard InChI is InChI=1S/C10H18N4O2/c1-3-8-9(10(11)16)12-13-14(8)6-7(2)4-5-15/h7,15H,3-6H2,1-2H3,(H2,11,16). The van der Waals surface area contributed by atoms with Crippen molar-refractivity contribution in [3.05, 3.63) is 11.4 Å². The molecule has 0 saturated carbocycles. The number of hydrogen-bond donors (Lipinski definition) is 2. The van der Waals surface area contributed by atoms with Gasteiger partial charge in [-0.2, -0.15) is 0 Å². The van der Waals surface area contributed by atoms with Gasteiger partial charge in [-0.3, -0.25) is 4.79 Å². The molecule has 0 saturated heterocycles. The third-order valence-corrected chi connectivity index (χ3v) is 2.51. The Kier molecular flexibility index (Phi) is 4.42. The number of aliphatic hydroxyl groups excluding tert-OH is 1. The predicted molar refractivity (Wildman–Crippen MR) is 58.8 cm³/mol. The summed E-state index contributed by atoms with van der Waals surface area (Å²) in [6.07, 6.45) is 1.37. The molecule has 0 radical (unpaired) electrons. The average Bonchev–Trinajstić information content (AvgIpc) is 2.61. The fraction of sp³-hybridized carbons (Fsp3) is 0.700. The monoisotopic (exact) mass is 226 g/mol. The molecule has 0 spiro atoms. The zero-order valence-corrected chi connectivity index (χ0v) is 9.68. The van der Waals surface area contributed by atoms with E-state index in [1.807, 2.05) is 13.8 Å². The van der Waals surface area contributed by atoms with Gasteiger partial charge in [0.2, 0.25) is 0 Å². The molecule has 0 fully saturated rings. The molecule has 6 heteroatoms. The molecule has 1 heterocycles. The lowest BCUT2D eigenvalue weighted by atomic mass is 10.1. The molecule has 90 valence electrons. The molecule has 1 unspecified atom stereocenters. The van der Waals surface area contributed by atoms with Gasteiger partial charge in [-0.05, 0) is 18.8 Å². The zero-order chi connectivity index (χ0) is 12.1. The van der Waals surface area contributed by atoms with Gasteiger partial charge in [-0.1, -0.05) is 19.1 Å². The van der Waals surface area contributed by atoms with Crippen molar-refractivity contribution < 1.29 is 9.90 Å². The molecule has 0 aliphatic carbocycles. The van der Waals surface area contributed by atoms with Crippen molar-refractivity contribution in [2.24, 2.45) is 11.7 Å². The van der Waals surface area contributed by atoms with Crippen molar-refractivity contribution in [3.8, 4) is 0 Å². The molecule has 0 aliphatic heterocycles. The number of nitrogens with zero attached hydrogens (tertiary/aromatic N) is 3. The molecule has 3 N–H and O–H groups in total. The number of nitrogens with two attached hydrogens (primary N) is 1. The fourth-order valence-corrected chi connectivity index (χ4v) is 1.63. The Balaban J connectivity index is 2.84. The Morgan fingerprint density at radius 3 is 2.81 bits per heavy atom. The van der Waals surface area contributed by atoms with Crippen molar-refractivity contribution in [3.63, 3.8) is 0 Å². The number of carbonyl (C=O) groups is 1. The minimum absolute atomic E-state index is 0.153. The summed E-state index contributed by atoms with van der Waals surface area (Å²) in [7, 11) is 0. The van der Waals surface area contributed by atoms with Crippen LogP contribution in [-0.4, -0.2) is 32.6 Å². The third kappa shape index (κ3) is 2.79. The van der Waals surface area contributed by atoms with E-state index in [0.717, 1.165) is 5.69 Å². The van der Waals surface area contributed by atoms with E-state index < -0.39 is 5.91 Å². The summed E-state index contributed by atoms with van der Waals surface area (Å²) in [5.41, 5.74) is 6.21. The molecule has 1 amide bonds. The van der Waals surface area contributed by atoms with Crippen LogP contribution in [0.4, 0.5) is 0 Å². The quantitative estimate of drug-likeness (QED) is 0.711. The van der Waals surface area contributed by atoms with Crippen molar-refractivity contribution in [2.75, 3.05) is 6.61 Å². The van der Waals surface area contributed by atoms with Crippen molar-refractivity contribution >= 4 is 5.91 Å². The van der Waals surface area contributed by atoms with Gasteiger partial charge in [0.1, 0.15) is 0 Å². The summed E-state index contributed by atoms with van der Waals surface area (Å²) in [5, 5.41) is 16.5. The van der Waals surface area contributed by atoms with Crippen LogP contribution in [0.1, 0.15) is 36.5 Å². The van der Waals surface area contributed by atoms with Crippen LogP contribution in [0.15, 0.2) is 0 Å². The smallest absolute Gasteiger partial charge is 0.271 e. The Bertz CT molecular complexity index is 362. The Hall–Kier alpha value is -1.43. The first-order valence-electron chi connectivity index (χ1n) is 5.43. The highest BCUT2D eigenvalue weighted by Crippen LogP contribution is 2.10. The Labute approximate surface area is 94.4 Å². The average molecular weight is 226 g/mol. The second-order valence-electron chi connectivity index (χ2n) is 3.90. The molecular weight excluding hydrogens is 208 g/mol. The van der Waals surface area contributed by atoms with Gasteiger partial charge < -0.3 is 10.8 Å². The number of aliphatic hydroxyl groups is 1. The lowest BCUT2D eigenvalue weighted by molar-refractivity contribution is 0.0994. The number of aromatic nitrogens is 3. The van der Waals surface area contributed by atoms with Gasteiger partial charge in [0.15, 0.2) is 5.69 Å². The van der Waals surface area contributed by atoms with Crippen molar-refractivity contribution in [2.45, 2.75) is 33.2 Å². The van der Waals surface area contributed by atoms with Crippen LogP contribution in [0.3, 0.4) is 0 Å². The lowest BCUT2D eigenvalue weighted by Gasteiger charge is -2.11. The minimum Gasteiger partial charge on any atom is -0.396 e. The Morgan fingerprint density at radius 1 is 1.62 bits per heavy atom. The first-order valence-corrected chi connectivity index (χ1v) is 5.43. The third-order valence-electron chi connectivity index (χ3n) is 2.51. The van der Waals surface area contributed by atoms with Gasteiger partial charge in [0.05, 0.1) is 5.69 Å². The van der Waals surface area contributed by atoms with E-state index in [4.69, 9.17) is 10.8 Å². The molecule has 0 aliphatic rings. The molecule has 1 aromatic heterocycles. The van der Waals surface area contributed by atoms with Gasteiger partial charge in [0.25, 0.3) is 5.91 Å². The maximum Gasteiger partial charge on any atom is 0.271 e. The number of amides is 1. The van der Waals surface area contributed by atoms with Crippen molar-refractivity contribution in [1.82, 2.24) is 15.0 Å². The molecule has 0 aromatic carbocycles. The second kappa shape index (κ2) is 5.60. The maximum absolute atomic E-state index is 11.1. The second-order valence-corrected chi connectivity index (χ2v) is 3.90. The van der Waals surface area contributed by atoms with Gasteiger partial charge >= 0.3 is 0 Å². The van der Waals surface area contributed by atoms with E-state index in [1.54, 1.807) is 4.68 Å². The fourth-order valence-electron chi connectivity index (χ4n) is 1.63. The van der Waals surface area contributed by atoms with Gasteiger partial charge in [0, 0.05) is 13.2 Å². The molecule has 6 nitrogen and oxygen atoms in total. The van der Waals surface area contributed by atoms with Crippen LogP contribution >= 0.6 is 0 Å². The number of primary amides is 1. The van der Waals surface area contributed by atoms with E-state index in [0.29, 0.717) is 19.4 Å². The highest BCUT2D eigenvalue weighted by Gasteiger charge is 2.16. The number of hydrogen-bond acceptors (Lipinski definition) is 4. The number of carbonyl (C=O) groups excluding carboxylic acids is 1. The molecule has 1 aromatic rings. The van der Waals surface area contributed by atoms with E-state index >= 15 is 0 Å². The zero-order valence-electron chi connectivity index (χ0n) is 9.68. The minimum atomic E-state index is -0.544. The van der Waals surface area contributed by atoms with E-state index in [2.05, 4.69) is 10.3 Å². The molecule has 16 heavy (non-hydrogen) atoms. The molecular formula is C10H18N4O2. The van der Waals surface area contributed by atoms with Crippen LogP contribution in [0.5, 0.6) is 0 Å². The summed E-state index contributed by atoms with van der Waals surface area (Å²) >= 11 is 0. The summed E-state index contributed by atoms with van der Waals surface area (Å²) < 4.78 is 1.69. The first kappa shape index (κ1) is 12.6. The largest absolute Gasteiger partial charge is 0.396 e. The first-order chi connectivity index (χ1) is 7.60. The summed E-state index contributed by atoms with van der Waals surface area (Å²) in [4.78, 5) is 11.1. The van der Waals surface area contributed by atoms with Gasteiger partial charge in [-0.25, -0.2) is 4.68 Å². The maximum atomic E-state index is 11.1. The van der Waals surface area contributed by atoms with Crippen LogP contribution in [0, 0.1) is 5.92 Å². The summed E-state index contributed by atoms with van der Waals surface area (Å²) in [6.45, 7) is 4.74. The van der Waals surface area contributed by atoms with E-state index in [-0.39, 0.29) is 18.2 Å². The summed E-state index contributed by atoms with van der Waals surface area (Å²) in [6, 6.07) is 0. The van der Waals surface area contributed by atoms with Crippen LogP contribution in [0.25, 0.3) is 0 Å². The van der Waals surface area contributed by atoms with Crippen LogP contribution in [-0.2, 0) is 13.0 Å². The van der Waals surface area contributed by atoms with E-state index in [9.17, 15) is 4.79 Å². The molecule has 0 bridgehead atoms. The number of rotatable bonds is 6. The van der Waals surface area contributed by atoms with Gasteiger partial charge in [-0.15, -0.1) is 5.10 Å². The topological polar surface area (TPSA) is 94.0 Å². The predicted octanol–water partition coefficient (Wildman–Crippen LogP) is -0.0421. The highest BCUT2D eigenvalue weighted by molar-refractivity contribution is 5.91. The van der Waals surface area contributed by atoms with Crippen LogP contribution < -0.4 is 5.73 Å². The normalized spacial score (nSPS) is 12.7. The SMILES string of the molecule is CCc1c(C(N)=O)nnn1CC(C)CCO.